The molecule has 1 aromatic rings. The molecule has 0 fully saturated rings. The summed E-state index contributed by atoms with van der Waals surface area (Å²) in [5.41, 5.74) is 6.02. The second-order valence-electron chi connectivity index (χ2n) is 4.23. The van der Waals surface area contributed by atoms with Crippen LogP contribution in [0.5, 0.6) is 0 Å². The van der Waals surface area contributed by atoms with Crippen molar-refractivity contribution in [1.29, 1.82) is 0 Å². The van der Waals surface area contributed by atoms with E-state index in [1.165, 1.54) is 17.3 Å². The number of nitrogens with one attached hydrogen (secondary N) is 2. The molecule has 22 heavy (non-hydrogen) atoms. The predicted molar refractivity (Wildman–Crippen MR) is 85.3 cm³/mol. The summed E-state index contributed by atoms with van der Waals surface area (Å²) >= 11 is 0. The van der Waals surface area contributed by atoms with Crippen molar-refractivity contribution < 1.29 is 17.8 Å². The summed E-state index contributed by atoms with van der Waals surface area (Å²) in [5, 5.41) is 1.30. The molecule has 7 nitrogen and oxygen atoms in total. The smallest absolute Gasteiger partial charge is 0.282 e. The summed E-state index contributed by atoms with van der Waals surface area (Å²) in [6, 6.07) is 7.42. The first-order valence-electron chi connectivity index (χ1n) is 6.67. The van der Waals surface area contributed by atoms with Gasteiger partial charge in [-0.15, -0.1) is 0 Å². The Morgan fingerprint density at radius 1 is 1.23 bits per heavy atom. The van der Waals surface area contributed by atoms with Gasteiger partial charge >= 0.3 is 0 Å². The lowest BCUT2D eigenvalue weighted by molar-refractivity contribution is -0.133. The fraction of sp³-hybridized carbons (Fsp3) is 0.357. The van der Waals surface area contributed by atoms with E-state index in [0.29, 0.717) is 5.57 Å². The average molecular weight is 329 g/mol. The van der Waals surface area contributed by atoms with Gasteiger partial charge in [0, 0.05) is 19.7 Å². The van der Waals surface area contributed by atoms with Crippen LogP contribution in [0.3, 0.4) is 0 Å². The summed E-state index contributed by atoms with van der Waals surface area (Å²) in [6.45, 7) is 5.71. The highest BCUT2D eigenvalue weighted by Gasteiger charge is 2.12. The van der Waals surface area contributed by atoms with E-state index < -0.39 is 10.1 Å². The molecule has 8 heteroatoms. The maximum Gasteiger partial charge on any atom is 0.294 e. The molecule has 0 aliphatic rings. The third kappa shape index (κ3) is 7.32. The van der Waals surface area contributed by atoms with Gasteiger partial charge in [-0.1, -0.05) is 38.1 Å². The predicted octanol–water partition coefficient (Wildman–Crippen LogP) is 1.37. The fourth-order valence-corrected chi connectivity index (χ4v) is 1.98. The highest BCUT2D eigenvalue weighted by Crippen LogP contribution is 2.05. The number of carbonyl (C=O) groups excluding carboxylic acids is 1. The summed E-state index contributed by atoms with van der Waals surface area (Å²) in [6.07, 6.45) is 1.67. The van der Waals surface area contributed by atoms with Crippen LogP contribution in [0, 0.1) is 0 Å². The number of rotatable bonds is 6. The maximum absolute atomic E-state index is 11.4. The average Bonchev–Trinajstić information content (AvgIpc) is 2.49. The first kappa shape index (κ1) is 20.3. The van der Waals surface area contributed by atoms with Gasteiger partial charge in [0.05, 0.1) is 4.90 Å². The largest absolute Gasteiger partial charge is 0.294 e. The fourth-order valence-electron chi connectivity index (χ4n) is 1.47. The Balaban J connectivity index is 0.000000406. The number of hydrogen-bond acceptors (Lipinski definition) is 5. The quantitative estimate of drug-likeness (QED) is 0.414. The Morgan fingerprint density at radius 2 is 1.73 bits per heavy atom. The summed E-state index contributed by atoms with van der Waals surface area (Å²) in [4.78, 5) is 11.3. The van der Waals surface area contributed by atoms with E-state index in [2.05, 4.69) is 17.4 Å². The van der Waals surface area contributed by atoms with E-state index in [1.54, 1.807) is 32.3 Å². The second-order valence-corrected chi connectivity index (χ2v) is 5.65. The van der Waals surface area contributed by atoms with Gasteiger partial charge in [0.15, 0.2) is 0 Å². The van der Waals surface area contributed by atoms with Crippen molar-refractivity contribution in [2.75, 3.05) is 14.1 Å². The zero-order chi connectivity index (χ0) is 17.2. The maximum atomic E-state index is 11.4. The molecular weight excluding hydrogens is 306 g/mol. The van der Waals surface area contributed by atoms with Crippen molar-refractivity contribution >= 4 is 16.0 Å². The van der Waals surface area contributed by atoms with E-state index in [1.807, 2.05) is 6.92 Å². The van der Waals surface area contributed by atoms with Crippen LogP contribution in [0.1, 0.15) is 19.8 Å². The van der Waals surface area contributed by atoms with E-state index >= 15 is 0 Å². The van der Waals surface area contributed by atoms with Crippen LogP contribution < -0.4 is 10.9 Å². The van der Waals surface area contributed by atoms with E-state index in [9.17, 15) is 13.2 Å². The van der Waals surface area contributed by atoms with Gasteiger partial charge in [0.2, 0.25) is 0 Å². The molecule has 0 aromatic heterocycles. The standard InChI is InChI=1S/C8H17N3O.C6H6O3S/c1-5-6-7(2)8(12)11(9-3)10-4;7-10(8,9)6-4-2-1-3-5-6/h9-10H,2,5-6H2,1,3-4H3;1-5H,(H,7,8,9). The van der Waals surface area contributed by atoms with Crippen LogP contribution in [0.25, 0.3) is 0 Å². The molecule has 0 radical (unpaired) electrons. The van der Waals surface area contributed by atoms with Gasteiger partial charge in [-0.2, -0.15) is 8.42 Å². The Bertz CT molecular complexity index is 569. The SMILES string of the molecule is C=C(CCC)C(=O)N(NC)NC.O=S(=O)(O)c1ccccc1. The number of hydrogen-bond donors (Lipinski definition) is 3. The molecule has 0 unspecified atom stereocenters. The second kappa shape index (κ2) is 10.1. The third-order valence-electron chi connectivity index (χ3n) is 2.55. The van der Waals surface area contributed by atoms with Crippen LogP contribution >= 0.6 is 0 Å². The minimum Gasteiger partial charge on any atom is -0.282 e. The number of amides is 1. The topological polar surface area (TPSA) is 98.7 Å². The third-order valence-corrected chi connectivity index (χ3v) is 3.41. The van der Waals surface area contributed by atoms with E-state index in [4.69, 9.17) is 4.55 Å². The Labute approximate surface area is 131 Å². The zero-order valence-corrected chi connectivity index (χ0v) is 13.9. The van der Waals surface area contributed by atoms with Gasteiger partial charge in [-0.25, -0.2) is 16.0 Å². The van der Waals surface area contributed by atoms with Gasteiger partial charge in [0.1, 0.15) is 0 Å². The lowest BCUT2D eigenvalue weighted by atomic mass is 10.2. The highest BCUT2D eigenvalue weighted by molar-refractivity contribution is 7.85. The molecule has 1 aromatic carbocycles. The van der Waals surface area contributed by atoms with Gasteiger partial charge in [-0.3, -0.25) is 9.35 Å². The monoisotopic (exact) mass is 329 g/mol. The molecule has 0 aliphatic carbocycles. The first-order chi connectivity index (χ1) is 10.3. The Kier molecular flexibility index (Phi) is 9.27. The zero-order valence-electron chi connectivity index (χ0n) is 13.0. The van der Waals surface area contributed by atoms with Gasteiger partial charge < -0.3 is 0 Å². The van der Waals surface area contributed by atoms with Gasteiger partial charge in [-0.05, 0) is 18.6 Å². The molecule has 1 rings (SSSR count). The summed E-state index contributed by atoms with van der Waals surface area (Å²) in [5.74, 6) is -0.109. The molecule has 0 saturated heterocycles. The van der Waals surface area contributed by atoms with Crippen LogP contribution in [0.2, 0.25) is 0 Å². The molecule has 3 N–H and O–H groups in total. The first-order valence-corrected chi connectivity index (χ1v) is 8.11. The highest BCUT2D eigenvalue weighted by atomic mass is 32.2. The van der Waals surface area contributed by atoms with Crippen LogP contribution in [-0.4, -0.2) is 38.1 Å². The van der Waals surface area contributed by atoms with Crippen molar-refractivity contribution in [2.24, 2.45) is 0 Å². The normalized spacial score (nSPS) is 10.4. The van der Waals surface area contributed by atoms with Crippen molar-refractivity contribution in [3.63, 3.8) is 0 Å². The molecule has 124 valence electrons. The van der Waals surface area contributed by atoms with Crippen molar-refractivity contribution in [3.05, 3.63) is 42.5 Å². The summed E-state index contributed by atoms with van der Waals surface area (Å²) < 4.78 is 29.2. The molecule has 0 bridgehead atoms. The number of benzene rings is 1. The van der Waals surface area contributed by atoms with E-state index in [0.717, 1.165) is 12.8 Å². The minimum atomic E-state index is -4.00. The molecule has 0 saturated carbocycles. The van der Waals surface area contributed by atoms with Crippen molar-refractivity contribution in [1.82, 2.24) is 16.0 Å². The summed E-state index contributed by atoms with van der Waals surface area (Å²) in [7, 11) is -0.654. The molecular formula is C14H23N3O4S. The van der Waals surface area contributed by atoms with Crippen molar-refractivity contribution in [3.8, 4) is 0 Å². The van der Waals surface area contributed by atoms with Crippen LogP contribution in [0.15, 0.2) is 47.4 Å². The van der Waals surface area contributed by atoms with Gasteiger partial charge in [0.25, 0.3) is 16.0 Å². The number of nitrogens with zero attached hydrogens (tertiary/aromatic N) is 1. The molecule has 0 aliphatic heterocycles. The van der Waals surface area contributed by atoms with Crippen LogP contribution in [0.4, 0.5) is 0 Å². The number of carbonyl (C=O) groups is 1. The van der Waals surface area contributed by atoms with Crippen molar-refractivity contribution in [2.45, 2.75) is 24.7 Å². The minimum absolute atomic E-state index is 0.0741. The molecule has 1 amide bonds. The molecule has 0 spiro atoms. The number of hydrazine groups is 2. The lowest BCUT2D eigenvalue weighted by Crippen LogP contribution is -2.48. The van der Waals surface area contributed by atoms with Crippen LogP contribution in [-0.2, 0) is 14.9 Å². The molecule has 0 atom stereocenters. The Morgan fingerprint density at radius 3 is 2.05 bits per heavy atom. The van der Waals surface area contributed by atoms with E-state index in [-0.39, 0.29) is 10.8 Å². The lowest BCUT2D eigenvalue weighted by Gasteiger charge is -2.20. The molecule has 0 heterocycles. The Hall–Kier alpha value is -1.74.